The van der Waals surface area contributed by atoms with Gasteiger partial charge in [-0.25, -0.2) is 0 Å². The summed E-state index contributed by atoms with van der Waals surface area (Å²) in [6.45, 7) is 0.973. The Morgan fingerprint density at radius 1 is 1.13 bits per heavy atom. The number of hydrogen-bond donors (Lipinski definition) is 2. The lowest BCUT2D eigenvalue weighted by Crippen LogP contribution is -2.36. The third-order valence-corrected chi connectivity index (χ3v) is 3.97. The number of nitro groups is 1. The molecule has 1 atom stereocenters. The lowest BCUT2D eigenvalue weighted by Gasteiger charge is -2.15. The van der Waals surface area contributed by atoms with Gasteiger partial charge in [0, 0.05) is 6.07 Å². The smallest absolute Gasteiger partial charge is 0.326 e. The minimum atomic E-state index is -1.16. The van der Waals surface area contributed by atoms with E-state index in [0.717, 1.165) is 11.6 Å². The number of nitrogens with one attached hydrogen (secondary N) is 2. The molecule has 0 aliphatic heterocycles. The molecule has 0 aliphatic rings. The van der Waals surface area contributed by atoms with Crippen molar-refractivity contribution >= 4 is 29.2 Å². The number of carbonyl (C=O) groups excluding carboxylic acids is 3. The Hall–Kier alpha value is -3.95. The molecule has 0 spiro atoms. The van der Waals surface area contributed by atoms with Crippen LogP contribution in [0, 0.1) is 10.1 Å². The van der Waals surface area contributed by atoms with Crippen LogP contribution in [-0.2, 0) is 25.5 Å². The zero-order valence-electron chi connectivity index (χ0n) is 16.4. The van der Waals surface area contributed by atoms with Crippen LogP contribution in [0.4, 0.5) is 11.4 Å². The number of rotatable bonds is 9. The van der Waals surface area contributed by atoms with Gasteiger partial charge in [-0.15, -0.1) is 0 Å². The monoisotopic (exact) mass is 415 g/mol. The van der Waals surface area contributed by atoms with E-state index in [2.05, 4.69) is 10.6 Å². The highest BCUT2D eigenvalue weighted by atomic mass is 16.6. The first-order chi connectivity index (χ1) is 14.3. The van der Waals surface area contributed by atoms with Crippen molar-refractivity contribution in [1.82, 2.24) is 5.32 Å². The second-order valence-corrected chi connectivity index (χ2v) is 6.20. The quantitative estimate of drug-likeness (QED) is 0.362. The number of anilines is 1. The fraction of sp³-hybridized carbons (Fsp3) is 0.250. The Kier molecular flexibility index (Phi) is 7.86. The third kappa shape index (κ3) is 6.59. The predicted octanol–water partition coefficient (Wildman–Crippen LogP) is 1.83. The Labute approximate surface area is 172 Å². The molecule has 0 heterocycles. The van der Waals surface area contributed by atoms with Crippen LogP contribution in [0.5, 0.6) is 5.75 Å². The van der Waals surface area contributed by atoms with Crippen molar-refractivity contribution in [2.45, 2.75) is 19.4 Å². The number of esters is 1. The second-order valence-electron chi connectivity index (χ2n) is 6.20. The maximum atomic E-state index is 12.2. The third-order valence-electron chi connectivity index (χ3n) is 3.97. The summed E-state index contributed by atoms with van der Waals surface area (Å²) in [5.41, 5.74) is 0.788. The SMILES string of the molecule is COc1cc([N+](=O)[O-])ccc1NC(=O)[C@H](C)OC(=O)CNC(=O)Cc1ccccc1. The van der Waals surface area contributed by atoms with Crippen molar-refractivity contribution in [2.24, 2.45) is 0 Å². The van der Waals surface area contributed by atoms with E-state index in [-0.39, 0.29) is 36.0 Å². The van der Waals surface area contributed by atoms with Crippen LogP contribution in [0.25, 0.3) is 0 Å². The molecule has 0 saturated carbocycles. The average Bonchev–Trinajstić information content (AvgIpc) is 2.73. The zero-order chi connectivity index (χ0) is 22.1. The first kappa shape index (κ1) is 22.3. The number of non-ortho nitro benzene ring substituents is 1. The van der Waals surface area contributed by atoms with Gasteiger partial charge in [0.2, 0.25) is 5.91 Å². The fourth-order valence-electron chi connectivity index (χ4n) is 2.44. The van der Waals surface area contributed by atoms with Gasteiger partial charge in [-0.2, -0.15) is 0 Å². The molecule has 30 heavy (non-hydrogen) atoms. The molecule has 0 aromatic heterocycles. The molecule has 0 aliphatic carbocycles. The first-order valence-corrected chi connectivity index (χ1v) is 8.93. The molecule has 0 bridgehead atoms. The molecule has 2 aromatic rings. The Morgan fingerprint density at radius 2 is 1.83 bits per heavy atom. The molecule has 2 amide bonds. The number of nitrogens with zero attached hydrogens (tertiary/aromatic N) is 1. The average molecular weight is 415 g/mol. The number of carbonyl (C=O) groups is 3. The highest BCUT2D eigenvalue weighted by Crippen LogP contribution is 2.29. The minimum Gasteiger partial charge on any atom is -0.494 e. The van der Waals surface area contributed by atoms with Crippen LogP contribution >= 0.6 is 0 Å². The van der Waals surface area contributed by atoms with Crippen LogP contribution in [0.15, 0.2) is 48.5 Å². The van der Waals surface area contributed by atoms with Gasteiger partial charge in [-0.05, 0) is 18.6 Å². The van der Waals surface area contributed by atoms with Crippen molar-refractivity contribution in [2.75, 3.05) is 19.0 Å². The fourth-order valence-corrected chi connectivity index (χ4v) is 2.44. The summed E-state index contributed by atoms with van der Waals surface area (Å²) in [6, 6.07) is 12.7. The van der Waals surface area contributed by atoms with Crippen LogP contribution < -0.4 is 15.4 Å². The lowest BCUT2D eigenvalue weighted by atomic mass is 10.1. The molecule has 2 N–H and O–H groups in total. The number of benzene rings is 2. The second kappa shape index (κ2) is 10.6. The molecular weight excluding hydrogens is 394 g/mol. The van der Waals surface area contributed by atoms with E-state index in [0.29, 0.717) is 0 Å². The maximum Gasteiger partial charge on any atom is 0.326 e. The van der Waals surface area contributed by atoms with Gasteiger partial charge in [0.25, 0.3) is 11.6 Å². The molecule has 2 aromatic carbocycles. The van der Waals surface area contributed by atoms with E-state index in [1.807, 2.05) is 6.07 Å². The maximum absolute atomic E-state index is 12.2. The summed E-state index contributed by atoms with van der Waals surface area (Å²) in [4.78, 5) is 46.2. The van der Waals surface area contributed by atoms with E-state index in [4.69, 9.17) is 9.47 Å². The molecule has 0 fully saturated rings. The van der Waals surface area contributed by atoms with Gasteiger partial charge in [0.15, 0.2) is 6.10 Å². The van der Waals surface area contributed by atoms with Gasteiger partial charge in [0.1, 0.15) is 12.3 Å². The van der Waals surface area contributed by atoms with Gasteiger partial charge in [-0.3, -0.25) is 24.5 Å². The highest BCUT2D eigenvalue weighted by molar-refractivity contribution is 5.96. The first-order valence-electron chi connectivity index (χ1n) is 8.93. The van der Waals surface area contributed by atoms with Gasteiger partial charge < -0.3 is 20.1 Å². The topological polar surface area (TPSA) is 137 Å². The van der Waals surface area contributed by atoms with Crippen LogP contribution in [0.1, 0.15) is 12.5 Å². The largest absolute Gasteiger partial charge is 0.494 e. The Bertz CT molecular complexity index is 931. The van der Waals surface area contributed by atoms with Gasteiger partial charge in [-0.1, -0.05) is 30.3 Å². The summed E-state index contributed by atoms with van der Waals surface area (Å²) < 4.78 is 10.0. The van der Waals surface area contributed by atoms with Crippen molar-refractivity contribution in [3.05, 3.63) is 64.2 Å². The molecule has 0 saturated heterocycles. The van der Waals surface area contributed by atoms with Crippen LogP contribution in [0.3, 0.4) is 0 Å². The van der Waals surface area contributed by atoms with Crippen molar-refractivity contribution < 1.29 is 28.8 Å². The molecule has 2 rings (SSSR count). The van der Waals surface area contributed by atoms with E-state index in [1.54, 1.807) is 24.3 Å². The Morgan fingerprint density at radius 3 is 2.47 bits per heavy atom. The lowest BCUT2D eigenvalue weighted by molar-refractivity contribution is -0.384. The summed E-state index contributed by atoms with van der Waals surface area (Å²) in [7, 11) is 1.30. The van der Waals surface area contributed by atoms with E-state index >= 15 is 0 Å². The van der Waals surface area contributed by atoms with Crippen molar-refractivity contribution in [3.63, 3.8) is 0 Å². The Balaban J connectivity index is 1.84. The highest BCUT2D eigenvalue weighted by Gasteiger charge is 2.20. The van der Waals surface area contributed by atoms with E-state index < -0.39 is 22.9 Å². The number of nitro benzene ring substituents is 1. The number of hydrogen-bond acceptors (Lipinski definition) is 7. The van der Waals surface area contributed by atoms with Crippen molar-refractivity contribution in [3.8, 4) is 5.75 Å². The van der Waals surface area contributed by atoms with Crippen LogP contribution in [-0.4, -0.2) is 42.5 Å². The zero-order valence-corrected chi connectivity index (χ0v) is 16.4. The van der Waals surface area contributed by atoms with E-state index in [9.17, 15) is 24.5 Å². The number of methoxy groups -OCH3 is 1. The molecule has 0 unspecified atom stereocenters. The molecule has 10 heteroatoms. The van der Waals surface area contributed by atoms with Gasteiger partial charge >= 0.3 is 5.97 Å². The summed E-state index contributed by atoms with van der Waals surface area (Å²) in [6.07, 6.45) is -1.05. The molecular formula is C20H21N3O7. The van der Waals surface area contributed by atoms with Crippen molar-refractivity contribution in [1.29, 1.82) is 0 Å². The number of ether oxygens (including phenoxy) is 2. The number of amides is 2. The summed E-state index contributed by atoms with van der Waals surface area (Å²) >= 11 is 0. The summed E-state index contributed by atoms with van der Waals surface area (Å²) in [5.74, 6) is -1.71. The molecule has 158 valence electrons. The minimum absolute atomic E-state index is 0.0873. The standard InChI is InChI=1S/C20H21N3O7/c1-13(20(26)22-16-9-8-15(23(27)28)11-17(16)29-2)30-19(25)12-21-18(24)10-14-6-4-3-5-7-14/h3-9,11,13H,10,12H2,1-2H3,(H,21,24)(H,22,26)/t13-/m0/s1. The normalized spacial score (nSPS) is 11.1. The molecule has 0 radical (unpaired) electrons. The predicted molar refractivity (Wildman–Crippen MR) is 107 cm³/mol. The van der Waals surface area contributed by atoms with Gasteiger partial charge in [0.05, 0.1) is 30.2 Å². The summed E-state index contributed by atoms with van der Waals surface area (Å²) in [5, 5.41) is 15.7. The van der Waals surface area contributed by atoms with Crippen LogP contribution in [0.2, 0.25) is 0 Å². The van der Waals surface area contributed by atoms with E-state index in [1.165, 1.54) is 26.2 Å². The molecule has 10 nitrogen and oxygen atoms in total.